The van der Waals surface area contributed by atoms with Crippen LogP contribution in [0.1, 0.15) is 35.2 Å². The van der Waals surface area contributed by atoms with E-state index in [1.54, 1.807) is 4.90 Å². The van der Waals surface area contributed by atoms with E-state index in [1.807, 2.05) is 72.7 Å². The van der Waals surface area contributed by atoms with Crippen molar-refractivity contribution in [2.75, 3.05) is 13.6 Å². The fourth-order valence-electron chi connectivity index (χ4n) is 4.32. The minimum Gasteiger partial charge on any atom is -0.368 e. The summed E-state index contributed by atoms with van der Waals surface area (Å²) in [6.45, 7) is 1.17. The number of nitrogens with zero attached hydrogens (tertiary/aromatic N) is 3. The van der Waals surface area contributed by atoms with Crippen molar-refractivity contribution in [3.63, 3.8) is 0 Å². The number of rotatable bonds is 8. The summed E-state index contributed by atoms with van der Waals surface area (Å²) in [7, 11) is 1.82. The number of hydrogen-bond donors (Lipinski definition) is 2. The van der Waals surface area contributed by atoms with Gasteiger partial charge >= 0.3 is 0 Å². The van der Waals surface area contributed by atoms with E-state index in [0.717, 1.165) is 11.1 Å². The van der Waals surface area contributed by atoms with E-state index in [1.165, 1.54) is 5.56 Å². The van der Waals surface area contributed by atoms with Gasteiger partial charge in [0.1, 0.15) is 6.04 Å². The molecule has 1 unspecified atom stereocenters. The van der Waals surface area contributed by atoms with Crippen molar-refractivity contribution < 1.29 is 9.59 Å². The topological polar surface area (TPSA) is 93.2 Å². The lowest BCUT2D eigenvalue weighted by atomic mass is 9.95. The maximum atomic E-state index is 12.5. The molecule has 0 aliphatic carbocycles. The van der Waals surface area contributed by atoms with Crippen LogP contribution in [0.25, 0.3) is 0 Å². The van der Waals surface area contributed by atoms with Crippen LogP contribution < -0.4 is 11.1 Å². The van der Waals surface area contributed by atoms with Gasteiger partial charge in [-0.3, -0.25) is 14.3 Å². The number of primary amides is 1. The van der Waals surface area contributed by atoms with Gasteiger partial charge in [0.05, 0.1) is 18.8 Å². The summed E-state index contributed by atoms with van der Waals surface area (Å²) >= 11 is 0. The van der Waals surface area contributed by atoms with Gasteiger partial charge in [-0.05, 0) is 11.1 Å². The predicted molar refractivity (Wildman–Crippen MR) is 118 cm³/mol. The molecule has 3 atom stereocenters. The third kappa shape index (κ3) is 4.67. The van der Waals surface area contributed by atoms with Crippen molar-refractivity contribution in [1.29, 1.82) is 0 Å². The highest BCUT2D eigenvalue weighted by atomic mass is 16.2. The van der Waals surface area contributed by atoms with Crippen LogP contribution in [0.5, 0.6) is 0 Å². The maximum absolute atomic E-state index is 12.5. The highest BCUT2D eigenvalue weighted by Gasteiger charge is 2.39. The molecule has 160 valence electrons. The van der Waals surface area contributed by atoms with Gasteiger partial charge in [-0.15, -0.1) is 0 Å². The Labute approximate surface area is 181 Å². The smallest absolute Gasteiger partial charge is 0.239 e. The number of carbonyl (C=O) groups excluding carboxylic acids is 2. The van der Waals surface area contributed by atoms with E-state index in [4.69, 9.17) is 5.73 Å². The van der Waals surface area contributed by atoms with Crippen LogP contribution in [0.2, 0.25) is 0 Å². The summed E-state index contributed by atoms with van der Waals surface area (Å²) in [5.41, 5.74) is 8.61. The van der Waals surface area contributed by atoms with Crippen molar-refractivity contribution in [3.05, 3.63) is 89.7 Å². The molecular weight excluding hydrogens is 390 g/mol. The number of nitrogens with two attached hydrogens (primary N) is 1. The monoisotopic (exact) mass is 417 g/mol. The molecule has 2 aromatic carbocycles. The van der Waals surface area contributed by atoms with Crippen molar-refractivity contribution in [3.8, 4) is 0 Å². The maximum Gasteiger partial charge on any atom is 0.239 e. The van der Waals surface area contributed by atoms with Crippen molar-refractivity contribution in [2.24, 2.45) is 11.7 Å². The SMILES string of the molecule is CN1C(=O)C[C@@H](CNC(C(N)=O)c2ccccc2)[C@@H]1c1cnn(Cc2ccccc2)c1. The largest absolute Gasteiger partial charge is 0.368 e. The van der Waals surface area contributed by atoms with E-state index in [9.17, 15) is 9.59 Å². The average molecular weight is 418 g/mol. The second-order valence-electron chi connectivity index (χ2n) is 8.02. The number of likely N-dealkylation sites (tertiary alicyclic amines) is 1. The van der Waals surface area contributed by atoms with Gasteiger partial charge in [0.15, 0.2) is 0 Å². The number of nitrogens with one attached hydrogen (secondary N) is 1. The molecule has 2 amide bonds. The zero-order valence-electron chi connectivity index (χ0n) is 17.5. The lowest BCUT2D eigenvalue weighted by molar-refractivity contribution is -0.127. The molecule has 31 heavy (non-hydrogen) atoms. The highest BCUT2D eigenvalue weighted by molar-refractivity contribution is 5.81. The van der Waals surface area contributed by atoms with Crippen LogP contribution in [0.4, 0.5) is 0 Å². The van der Waals surface area contributed by atoms with Crippen molar-refractivity contribution >= 4 is 11.8 Å². The lowest BCUT2D eigenvalue weighted by Crippen LogP contribution is -2.37. The molecule has 1 saturated heterocycles. The van der Waals surface area contributed by atoms with Crippen molar-refractivity contribution in [2.45, 2.75) is 25.0 Å². The standard InChI is InChI=1S/C24H27N5O2/c1-28-21(30)12-19(13-26-22(24(25)31)18-10-6-3-7-11-18)23(28)20-14-27-29(16-20)15-17-8-4-2-5-9-17/h2-11,14,16,19,22-23,26H,12-13,15H2,1H3,(H2,25,31)/t19-,22?,23+/m0/s1. The first-order valence-electron chi connectivity index (χ1n) is 10.4. The fraction of sp³-hybridized carbons (Fsp3) is 0.292. The zero-order chi connectivity index (χ0) is 21.8. The van der Waals surface area contributed by atoms with Crippen LogP contribution in [0.3, 0.4) is 0 Å². The number of aromatic nitrogens is 2. The first kappa shape index (κ1) is 20.8. The van der Waals surface area contributed by atoms with Gasteiger partial charge in [0.25, 0.3) is 0 Å². The average Bonchev–Trinajstić information content (AvgIpc) is 3.33. The Morgan fingerprint density at radius 3 is 2.52 bits per heavy atom. The van der Waals surface area contributed by atoms with E-state index in [-0.39, 0.29) is 17.9 Å². The van der Waals surface area contributed by atoms with E-state index in [0.29, 0.717) is 19.5 Å². The molecule has 1 fully saturated rings. The molecule has 1 aliphatic heterocycles. The highest BCUT2D eigenvalue weighted by Crippen LogP contribution is 2.36. The van der Waals surface area contributed by atoms with Gasteiger partial charge in [0, 0.05) is 37.7 Å². The van der Waals surface area contributed by atoms with Crippen LogP contribution in [-0.2, 0) is 16.1 Å². The number of carbonyl (C=O) groups is 2. The molecule has 3 N–H and O–H groups in total. The van der Waals surface area contributed by atoms with Crippen LogP contribution >= 0.6 is 0 Å². The zero-order valence-corrected chi connectivity index (χ0v) is 17.5. The van der Waals surface area contributed by atoms with Gasteiger partial charge in [-0.1, -0.05) is 60.7 Å². The van der Waals surface area contributed by atoms with Gasteiger partial charge in [-0.2, -0.15) is 5.10 Å². The van der Waals surface area contributed by atoms with Gasteiger partial charge < -0.3 is 16.0 Å². The number of amides is 2. The summed E-state index contributed by atoms with van der Waals surface area (Å²) in [6.07, 6.45) is 4.25. The molecule has 0 saturated carbocycles. The molecule has 1 aliphatic rings. The summed E-state index contributed by atoms with van der Waals surface area (Å²) in [5.74, 6) is -0.337. The summed E-state index contributed by atoms with van der Waals surface area (Å²) < 4.78 is 1.89. The Bertz CT molecular complexity index is 1030. The molecular formula is C24H27N5O2. The normalized spacial score (nSPS) is 19.5. The first-order valence-corrected chi connectivity index (χ1v) is 10.4. The molecule has 7 nitrogen and oxygen atoms in total. The van der Waals surface area contributed by atoms with E-state index >= 15 is 0 Å². The Morgan fingerprint density at radius 2 is 1.84 bits per heavy atom. The fourth-order valence-corrected chi connectivity index (χ4v) is 4.32. The molecule has 3 aromatic rings. The number of hydrogen-bond acceptors (Lipinski definition) is 4. The van der Waals surface area contributed by atoms with Gasteiger partial charge in [0.2, 0.25) is 11.8 Å². The number of benzene rings is 2. The second-order valence-corrected chi connectivity index (χ2v) is 8.02. The quantitative estimate of drug-likeness (QED) is 0.588. The Hall–Kier alpha value is -3.45. The van der Waals surface area contributed by atoms with E-state index in [2.05, 4.69) is 22.5 Å². The molecule has 2 heterocycles. The summed E-state index contributed by atoms with van der Waals surface area (Å²) in [4.78, 5) is 26.3. The molecule has 0 bridgehead atoms. The first-order chi connectivity index (χ1) is 15.0. The Morgan fingerprint density at radius 1 is 1.16 bits per heavy atom. The molecule has 4 rings (SSSR count). The minimum atomic E-state index is -0.594. The van der Waals surface area contributed by atoms with Crippen LogP contribution in [-0.4, -0.2) is 40.1 Å². The molecule has 0 spiro atoms. The molecule has 7 heteroatoms. The third-order valence-corrected chi connectivity index (χ3v) is 5.88. The second kappa shape index (κ2) is 9.14. The van der Waals surface area contributed by atoms with Crippen molar-refractivity contribution in [1.82, 2.24) is 20.0 Å². The third-order valence-electron chi connectivity index (χ3n) is 5.88. The summed E-state index contributed by atoms with van der Waals surface area (Å²) in [6, 6.07) is 18.8. The van der Waals surface area contributed by atoms with E-state index < -0.39 is 11.9 Å². The lowest BCUT2D eigenvalue weighted by Gasteiger charge is -2.25. The predicted octanol–water partition coefficient (Wildman–Crippen LogP) is 2.27. The van der Waals surface area contributed by atoms with Crippen LogP contribution in [0, 0.1) is 5.92 Å². The Balaban J connectivity index is 1.49. The molecule has 0 radical (unpaired) electrons. The molecule has 1 aromatic heterocycles. The minimum absolute atomic E-state index is 0.0115. The van der Waals surface area contributed by atoms with Gasteiger partial charge in [-0.25, -0.2) is 0 Å². The van der Waals surface area contributed by atoms with Crippen LogP contribution in [0.15, 0.2) is 73.1 Å². The Kier molecular flexibility index (Phi) is 6.13. The summed E-state index contributed by atoms with van der Waals surface area (Å²) in [5, 5.41) is 7.79.